The van der Waals surface area contributed by atoms with Gasteiger partial charge in [0.1, 0.15) is 0 Å². The maximum Gasteiger partial charge on any atom is 0.0595 e. The van der Waals surface area contributed by atoms with Crippen molar-refractivity contribution in [2.75, 3.05) is 6.54 Å². The van der Waals surface area contributed by atoms with E-state index in [1.165, 1.54) is 5.56 Å². The summed E-state index contributed by atoms with van der Waals surface area (Å²) >= 11 is 12.2. The molecule has 0 bridgehead atoms. The number of nitrogens with one attached hydrogen (secondary N) is 1. The normalized spacial score (nSPS) is 14.0. The highest BCUT2D eigenvalue weighted by atomic mass is 35.5. The van der Waals surface area contributed by atoms with Gasteiger partial charge < -0.3 is 5.32 Å². The molecule has 0 aliphatic heterocycles. The van der Waals surface area contributed by atoms with Gasteiger partial charge in [0.25, 0.3) is 0 Å². The Balaban J connectivity index is 2.33. The molecule has 20 heavy (non-hydrogen) atoms. The van der Waals surface area contributed by atoms with Gasteiger partial charge >= 0.3 is 0 Å². The lowest BCUT2D eigenvalue weighted by Crippen LogP contribution is -2.25. The molecule has 0 radical (unpaired) electrons. The summed E-state index contributed by atoms with van der Waals surface area (Å²) in [6, 6.07) is 16.6. The Morgan fingerprint density at radius 3 is 2.25 bits per heavy atom. The average Bonchev–Trinajstić information content (AvgIpc) is 2.48. The monoisotopic (exact) mass is 307 g/mol. The number of halogens is 2. The Morgan fingerprint density at radius 1 is 0.950 bits per heavy atom. The summed E-state index contributed by atoms with van der Waals surface area (Å²) < 4.78 is 0. The van der Waals surface area contributed by atoms with E-state index in [4.69, 9.17) is 23.2 Å². The van der Waals surface area contributed by atoms with Crippen LogP contribution in [0, 0.1) is 0 Å². The van der Waals surface area contributed by atoms with E-state index in [0.29, 0.717) is 16.0 Å². The highest BCUT2D eigenvalue weighted by molar-refractivity contribution is 6.42. The van der Waals surface area contributed by atoms with E-state index in [9.17, 15) is 0 Å². The van der Waals surface area contributed by atoms with E-state index in [2.05, 4.69) is 43.4 Å². The zero-order valence-corrected chi connectivity index (χ0v) is 13.2. The van der Waals surface area contributed by atoms with Crippen LogP contribution in [0.15, 0.2) is 48.5 Å². The molecular weight excluding hydrogens is 289 g/mol. The van der Waals surface area contributed by atoms with Gasteiger partial charge in [0.15, 0.2) is 0 Å². The molecule has 0 heterocycles. The molecule has 2 rings (SSSR count). The van der Waals surface area contributed by atoms with Crippen LogP contribution in [0.3, 0.4) is 0 Å². The minimum Gasteiger partial charge on any atom is -0.310 e. The Morgan fingerprint density at radius 2 is 1.65 bits per heavy atom. The predicted octanol–water partition coefficient (Wildman–Crippen LogP) is 5.45. The second-order valence-corrected chi connectivity index (χ2v) is 5.72. The summed E-state index contributed by atoms with van der Waals surface area (Å²) in [5.74, 6) is 0.355. The first kappa shape index (κ1) is 15.4. The summed E-state index contributed by atoms with van der Waals surface area (Å²) in [5, 5.41) is 4.74. The average molecular weight is 308 g/mol. The van der Waals surface area contributed by atoms with Crippen LogP contribution in [0.2, 0.25) is 10.0 Å². The van der Waals surface area contributed by atoms with E-state index in [0.717, 1.165) is 12.1 Å². The Labute approximate surface area is 130 Å². The number of hydrogen-bond acceptors (Lipinski definition) is 1. The smallest absolute Gasteiger partial charge is 0.0595 e. The Bertz CT molecular complexity index is 554. The highest BCUT2D eigenvalue weighted by Crippen LogP contribution is 2.33. The topological polar surface area (TPSA) is 12.0 Å². The van der Waals surface area contributed by atoms with Crippen molar-refractivity contribution in [2.45, 2.75) is 25.8 Å². The third kappa shape index (κ3) is 3.54. The molecule has 0 fully saturated rings. The molecule has 3 heteroatoms. The second-order valence-electron chi connectivity index (χ2n) is 4.91. The number of likely N-dealkylation sites (N-methyl/N-ethyl adjacent to an activating group) is 1. The van der Waals surface area contributed by atoms with Crippen molar-refractivity contribution >= 4 is 23.2 Å². The van der Waals surface area contributed by atoms with Gasteiger partial charge in [0, 0.05) is 12.0 Å². The van der Waals surface area contributed by atoms with E-state index in [1.54, 1.807) is 0 Å². The quantitative estimate of drug-likeness (QED) is 0.774. The molecule has 0 aromatic heterocycles. The van der Waals surface area contributed by atoms with Gasteiger partial charge in [-0.25, -0.2) is 0 Å². The van der Waals surface area contributed by atoms with Gasteiger partial charge in [-0.15, -0.1) is 0 Å². The van der Waals surface area contributed by atoms with Crippen molar-refractivity contribution in [1.29, 1.82) is 0 Å². The zero-order valence-electron chi connectivity index (χ0n) is 11.7. The van der Waals surface area contributed by atoms with Crippen LogP contribution in [-0.4, -0.2) is 6.54 Å². The zero-order chi connectivity index (χ0) is 14.5. The van der Waals surface area contributed by atoms with Crippen molar-refractivity contribution in [3.63, 3.8) is 0 Å². The maximum absolute atomic E-state index is 6.15. The lowest BCUT2D eigenvalue weighted by molar-refractivity contribution is 0.479. The fourth-order valence-electron chi connectivity index (χ4n) is 2.46. The van der Waals surface area contributed by atoms with Crippen LogP contribution in [-0.2, 0) is 0 Å². The molecular formula is C17H19Cl2N. The molecule has 0 saturated heterocycles. The molecule has 2 atom stereocenters. The lowest BCUT2D eigenvalue weighted by Gasteiger charge is -2.26. The van der Waals surface area contributed by atoms with Gasteiger partial charge in [0.2, 0.25) is 0 Å². The van der Waals surface area contributed by atoms with Crippen molar-refractivity contribution in [1.82, 2.24) is 5.32 Å². The van der Waals surface area contributed by atoms with Crippen molar-refractivity contribution in [3.8, 4) is 0 Å². The molecule has 1 nitrogen and oxygen atoms in total. The minimum absolute atomic E-state index is 0.220. The predicted molar refractivity (Wildman–Crippen MR) is 87.7 cm³/mol. The molecule has 0 amide bonds. The summed E-state index contributed by atoms with van der Waals surface area (Å²) in [6.45, 7) is 5.25. The molecule has 2 unspecified atom stereocenters. The first-order valence-corrected chi connectivity index (χ1v) is 7.62. The molecule has 2 aromatic rings. The van der Waals surface area contributed by atoms with E-state index >= 15 is 0 Å². The number of benzene rings is 2. The number of hydrogen-bond donors (Lipinski definition) is 1. The largest absolute Gasteiger partial charge is 0.310 e. The van der Waals surface area contributed by atoms with Crippen LogP contribution < -0.4 is 5.32 Å². The standard InChI is InChI=1S/C17H19Cl2N/c1-3-20-17(12(2)13-7-5-4-6-8-13)14-9-10-15(18)16(19)11-14/h4-12,17,20H,3H2,1-2H3. The second kappa shape index (κ2) is 7.12. The molecule has 0 aliphatic rings. The summed E-state index contributed by atoms with van der Waals surface area (Å²) in [5.41, 5.74) is 2.47. The summed E-state index contributed by atoms with van der Waals surface area (Å²) in [4.78, 5) is 0. The van der Waals surface area contributed by atoms with Crippen LogP contribution in [0.5, 0.6) is 0 Å². The van der Waals surface area contributed by atoms with Gasteiger partial charge in [-0.05, 0) is 29.8 Å². The maximum atomic E-state index is 6.15. The van der Waals surface area contributed by atoms with Gasteiger partial charge in [0.05, 0.1) is 10.0 Å². The van der Waals surface area contributed by atoms with Crippen LogP contribution >= 0.6 is 23.2 Å². The SMILES string of the molecule is CCNC(c1ccc(Cl)c(Cl)c1)C(C)c1ccccc1. The van der Waals surface area contributed by atoms with Crippen molar-refractivity contribution in [3.05, 3.63) is 69.7 Å². The molecule has 2 aromatic carbocycles. The molecule has 1 N–H and O–H groups in total. The van der Waals surface area contributed by atoms with Crippen molar-refractivity contribution < 1.29 is 0 Å². The lowest BCUT2D eigenvalue weighted by atomic mass is 9.88. The van der Waals surface area contributed by atoms with Crippen LogP contribution in [0.25, 0.3) is 0 Å². The Hall–Kier alpha value is -1.02. The van der Waals surface area contributed by atoms with Gasteiger partial charge in [-0.3, -0.25) is 0 Å². The Kier molecular flexibility index (Phi) is 5.47. The molecule has 0 saturated carbocycles. The van der Waals surface area contributed by atoms with Crippen LogP contribution in [0.4, 0.5) is 0 Å². The van der Waals surface area contributed by atoms with E-state index < -0.39 is 0 Å². The van der Waals surface area contributed by atoms with Crippen molar-refractivity contribution in [2.24, 2.45) is 0 Å². The first-order chi connectivity index (χ1) is 9.63. The van der Waals surface area contributed by atoms with Crippen LogP contribution in [0.1, 0.15) is 36.9 Å². The fraction of sp³-hybridized carbons (Fsp3) is 0.294. The first-order valence-electron chi connectivity index (χ1n) is 6.86. The third-order valence-corrected chi connectivity index (χ3v) is 4.29. The summed E-state index contributed by atoms with van der Waals surface area (Å²) in [6.07, 6.45) is 0. The number of rotatable bonds is 5. The van der Waals surface area contributed by atoms with E-state index in [1.807, 2.05) is 24.3 Å². The van der Waals surface area contributed by atoms with Gasteiger partial charge in [-0.2, -0.15) is 0 Å². The fourth-order valence-corrected chi connectivity index (χ4v) is 2.76. The third-order valence-electron chi connectivity index (χ3n) is 3.55. The highest BCUT2D eigenvalue weighted by Gasteiger charge is 2.20. The molecule has 106 valence electrons. The van der Waals surface area contributed by atoms with Gasteiger partial charge in [-0.1, -0.05) is 73.4 Å². The van der Waals surface area contributed by atoms with E-state index in [-0.39, 0.29) is 6.04 Å². The summed E-state index contributed by atoms with van der Waals surface area (Å²) in [7, 11) is 0. The minimum atomic E-state index is 0.220. The molecule has 0 aliphatic carbocycles. The molecule has 0 spiro atoms.